The van der Waals surface area contributed by atoms with Crippen LogP contribution in [0.25, 0.3) is 0 Å². The number of nitriles is 1. The van der Waals surface area contributed by atoms with Crippen LogP contribution in [-0.4, -0.2) is 64.0 Å². The van der Waals surface area contributed by atoms with Crippen LogP contribution in [0.2, 0.25) is 0 Å². The Morgan fingerprint density at radius 1 is 1.25 bits per heavy atom. The largest absolute Gasteiger partial charge is 0.497 e. The Labute approximate surface area is 166 Å². The van der Waals surface area contributed by atoms with Crippen LogP contribution < -0.4 is 15.0 Å². The second kappa shape index (κ2) is 8.47. The Hall–Kier alpha value is -2.15. The predicted octanol–water partition coefficient (Wildman–Crippen LogP) is -0.463. The second-order valence-electron chi connectivity index (χ2n) is 7.46. The third kappa shape index (κ3) is 4.46. The van der Waals surface area contributed by atoms with Crippen molar-refractivity contribution in [1.29, 1.82) is 5.26 Å². The Balaban J connectivity index is 1.53. The second-order valence-corrected chi connectivity index (χ2v) is 9.39. The van der Waals surface area contributed by atoms with Crippen LogP contribution in [0, 0.1) is 11.3 Å². The number of carbonyl (C=O) groups excluding carboxylic acids is 1. The maximum absolute atomic E-state index is 12.8. The molecule has 8 nitrogen and oxygen atoms in total. The lowest BCUT2D eigenvalue weighted by atomic mass is 10.00. The van der Waals surface area contributed by atoms with E-state index in [9.17, 15) is 18.5 Å². The number of hydrogen-bond acceptors (Lipinski definition) is 5. The molecule has 152 valence electrons. The summed E-state index contributed by atoms with van der Waals surface area (Å²) >= 11 is 0. The number of piperazine rings is 1. The van der Waals surface area contributed by atoms with E-state index in [-0.39, 0.29) is 17.3 Å². The van der Waals surface area contributed by atoms with Crippen LogP contribution in [0.4, 0.5) is 0 Å². The monoisotopic (exact) mass is 407 g/mol. The van der Waals surface area contributed by atoms with E-state index in [0.717, 1.165) is 17.7 Å². The zero-order valence-corrected chi connectivity index (χ0v) is 16.9. The van der Waals surface area contributed by atoms with Gasteiger partial charge in [-0.3, -0.25) is 4.79 Å². The molecule has 0 atom stereocenters. The minimum atomic E-state index is -3.55. The Morgan fingerprint density at radius 2 is 1.86 bits per heavy atom. The van der Waals surface area contributed by atoms with Gasteiger partial charge in [-0.2, -0.15) is 9.57 Å². The van der Waals surface area contributed by atoms with E-state index in [1.807, 2.05) is 0 Å². The molecular formula is C19H27N4O4S+. The van der Waals surface area contributed by atoms with Crippen molar-refractivity contribution in [3.63, 3.8) is 0 Å². The fraction of sp³-hybridized carbons (Fsp3) is 0.579. The summed E-state index contributed by atoms with van der Waals surface area (Å²) in [7, 11) is -2.02. The highest BCUT2D eigenvalue weighted by Gasteiger charge is 2.37. The van der Waals surface area contributed by atoms with Crippen molar-refractivity contribution in [1.82, 2.24) is 9.62 Å². The van der Waals surface area contributed by atoms with Crippen LogP contribution in [0.3, 0.4) is 0 Å². The molecule has 0 aromatic heterocycles. The van der Waals surface area contributed by atoms with E-state index in [0.29, 0.717) is 44.8 Å². The van der Waals surface area contributed by atoms with Gasteiger partial charge in [-0.05, 0) is 49.9 Å². The molecule has 1 saturated carbocycles. The lowest BCUT2D eigenvalue weighted by Gasteiger charge is -2.32. The fourth-order valence-corrected chi connectivity index (χ4v) is 5.34. The topological polar surface area (TPSA) is 104 Å². The number of methoxy groups -OCH3 is 1. The number of hydrogen-bond donors (Lipinski definition) is 2. The van der Waals surface area contributed by atoms with Crippen LogP contribution in [-0.2, 0) is 14.8 Å². The number of sulfonamides is 1. The number of amides is 1. The minimum Gasteiger partial charge on any atom is -0.497 e. The molecule has 2 N–H and O–H groups in total. The van der Waals surface area contributed by atoms with Gasteiger partial charge in [-0.15, -0.1) is 0 Å². The van der Waals surface area contributed by atoms with E-state index in [1.165, 1.54) is 11.4 Å². The van der Waals surface area contributed by atoms with Gasteiger partial charge in [-0.1, -0.05) is 0 Å². The molecule has 1 aromatic rings. The highest BCUT2D eigenvalue weighted by molar-refractivity contribution is 7.89. The molecule has 0 spiro atoms. The summed E-state index contributed by atoms with van der Waals surface area (Å²) in [5.74, 6) is 0.474. The molecule has 1 heterocycles. The summed E-state index contributed by atoms with van der Waals surface area (Å²) in [5, 5.41) is 12.3. The quantitative estimate of drug-likeness (QED) is 0.664. The third-order valence-electron chi connectivity index (χ3n) is 5.59. The molecule has 1 saturated heterocycles. The van der Waals surface area contributed by atoms with Crippen molar-refractivity contribution in [3.8, 4) is 11.8 Å². The van der Waals surface area contributed by atoms with Crippen molar-refractivity contribution in [2.45, 2.75) is 36.1 Å². The predicted molar refractivity (Wildman–Crippen MR) is 102 cm³/mol. The van der Waals surface area contributed by atoms with Crippen molar-refractivity contribution in [2.24, 2.45) is 0 Å². The Bertz CT molecular complexity index is 834. The van der Waals surface area contributed by atoms with Gasteiger partial charge in [0, 0.05) is 0 Å². The number of quaternary nitrogens is 1. The number of rotatable bonds is 6. The fourth-order valence-electron chi connectivity index (χ4n) is 3.90. The van der Waals surface area contributed by atoms with Crippen LogP contribution >= 0.6 is 0 Å². The number of nitrogens with one attached hydrogen (secondary N) is 2. The number of ether oxygens (including phenoxy) is 1. The van der Waals surface area contributed by atoms with Gasteiger partial charge in [0.15, 0.2) is 6.54 Å². The summed E-state index contributed by atoms with van der Waals surface area (Å²) in [6, 6.07) is 8.62. The standard InChI is InChI=1S/C19H26N4O4S/c1-27-16-4-6-17(7-5-16)28(25,26)23-12-10-22(11-13-23)14-18(24)21-19(15-20)8-2-3-9-19/h4-7H,2-3,8-14H2,1H3,(H,21,24)/p+1. The van der Waals surface area contributed by atoms with E-state index >= 15 is 0 Å². The Morgan fingerprint density at radius 3 is 2.39 bits per heavy atom. The van der Waals surface area contributed by atoms with Gasteiger partial charge in [0.1, 0.15) is 11.3 Å². The molecule has 2 aliphatic rings. The molecular weight excluding hydrogens is 380 g/mol. The van der Waals surface area contributed by atoms with Crippen molar-refractivity contribution < 1.29 is 22.8 Å². The van der Waals surface area contributed by atoms with Crippen molar-refractivity contribution >= 4 is 15.9 Å². The summed E-state index contributed by atoms with van der Waals surface area (Å²) in [4.78, 5) is 13.6. The number of nitrogens with zero attached hydrogens (tertiary/aromatic N) is 2. The first kappa shape index (κ1) is 20.6. The van der Waals surface area contributed by atoms with E-state index in [2.05, 4.69) is 11.4 Å². The summed E-state index contributed by atoms with van der Waals surface area (Å²) < 4.78 is 32.1. The molecule has 0 radical (unpaired) electrons. The highest BCUT2D eigenvalue weighted by atomic mass is 32.2. The first-order valence-corrected chi connectivity index (χ1v) is 11.0. The van der Waals surface area contributed by atoms with Crippen LogP contribution in [0.1, 0.15) is 25.7 Å². The molecule has 0 bridgehead atoms. The van der Waals surface area contributed by atoms with Crippen molar-refractivity contribution in [3.05, 3.63) is 24.3 Å². The SMILES string of the molecule is COc1ccc(S(=O)(=O)N2CC[NH+](CC(=O)NC3(C#N)CCCC3)CC2)cc1. The maximum atomic E-state index is 12.8. The van der Waals surface area contributed by atoms with Crippen LogP contribution in [0.15, 0.2) is 29.2 Å². The lowest BCUT2D eigenvalue weighted by molar-refractivity contribution is -0.895. The zero-order valence-electron chi connectivity index (χ0n) is 16.1. The van der Waals surface area contributed by atoms with E-state index in [4.69, 9.17) is 4.74 Å². The van der Waals surface area contributed by atoms with Gasteiger partial charge < -0.3 is 15.0 Å². The molecule has 1 aliphatic heterocycles. The zero-order chi connectivity index (χ0) is 20.2. The average molecular weight is 408 g/mol. The Kier molecular flexibility index (Phi) is 6.23. The molecule has 1 aromatic carbocycles. The molecule has 1 amide bonds. The molecule has 3 rings (SSSR count). The maximum Gasteiger partial charge on any atom is 0.276 e. The van der Waals surface area contributed by atoms with Crippen LogP contribution in [0.5, 0.6) is 5.75 Å². The number of carbonyl (C=O) groups is 1. The molecule has 2 fully saturated rings. The van der Waals surface area contributed by atoms with Gasteiger partial charge >= 0.3 is 0 Å². The summed E-state index contributed by atoms with van der Waals surface area (Å²) in [6.07, 6.45) is 3.34. The number of benzene rings is 1. The van der Waals surface area contributed by atoms with Crippen molar-refractivity contribution in [2.75, 3.05) is 39.8 Å². The molecule has 1 aliphatic carbocycles. The first-order valence-electron chi connectivity index (χ1n) is 9.59. The van der Waals surface area contributed by atoms with Gasteiger partial charge in [0.05, 0.1) is 44.3 Å². The highest BCUT2D eigenvalue weighted by Crippen LogP contribution is 2.28. The van der Waals surface area contributed by atoms with Gasteiger partial charge in [-0.25, -0.2) is 8.42 Å². The molecule has 9 heteroatoms. The van der Waals surface area contributed by atoms with Gasteiger partial charge in [0.25, 0.3) is 5.91 Å². The van der Waals surface area contributed by atoms with E-state index < -0.39 is 15.6 Å². The normalized spacial score (nSPS) is 20.4. The lowest BCUT2D eigenvalue weighted by Crippen LogP contribution is -3.16. The summed E-state index contributed by atoms with van der Waals surface area (Å²) in [6.45, 7) is 2.10. The molecule has 0 unspecified atom stereocenters. The van der Waals surface area contributed by atoms with Gasteiger partial charge in [0.2, 0.25) is 10.0 Å². The van der Waals surface area contributed by atoms with E-state index in [1.54, 1.807) is 24.3 Å². The smallest absolute Gasteiger partial charge is 0.276 e. The minimum absolute atomic E-state index is 0.134. The average Bonchev–Trinajstić information content (AvgIpc) is 3.17. The molecule has 28 heavy (non-hydrogen) atoms. The first-order chi connectivity index (χ1) is 13.4. The summed E-state index contributed by atoms with van der Waals surface area (Å²) in [5.41, 5.74) is -0.712. The third-order valence-corrected chi connectivity index (χ3v) is 7.50.